The van der Waals surface area contributed by atoms with Crippen molar-refractivity contribution in [2.45, 2.75) is 213 Å². The van der Waals surface area contributed by atoms with Gasteiger partial charge in [0.15, 0.2) is 6.10 Å². The summed E-state index contributed by atoms with van der Waals surface area (Å²) in [6, 6.07) is 0. The number of esters is 3. The van der Waals surface area contributed by atoms with E-state index in [0.717, 1.165) is 96.3 Å². The maximum atomic E-state index is 12.6. The summed E-state index contributed by atoms with van der Waals surface area (Å²) in [5.41, 5.74) is 0. The second-order valence-corrected chi connectivity index (χ2v) is 14.2. The van der Waals surface area contributed by atoms with Gasteiger partial charge in [-0.2, -0.15) is 0 Å². The molecule has 0 spiro atoms. The van der Waals surface area contributed by atoms with Crippen molar-refractivity contribution in [2.75, 3.05) is 13.2 Å². The van der Waals surface area contributed by atoms with E-state index in [9.17, 15) is 14.4 Å². The first kappa shape index (κ1) is 49.4. The first-order chi connectivity index (χ1) is 25.5. The number of hydrogen-bond acceptors (Lipinski definition) is 6. The Balaban J connectivity index is 4.33. The summed E-state index contributed by atoms with van der Waals surface area (Å²) < 4.78 is 16.6. The number of hydrogen-bond donors (Lipinski definition) is 0. The number of carbonyl (C=O) groups is 3. The summed E-state index contributed by atoms with van der Waals surface area (Å²) in [7, 11) is 0. The van der Waals surface area contributed by atoms with Gasteiger partial charge in [-0.05, 0) is 57.8 Å². The van der Waals surface area contributed by atoms with E-state index in [1.165, 1.54) is 70.6 Å². The molecule has 0 amide bonds. The van der Waals surface area contributed by atoms with Crippen LogP contribution >= 0.6 is 0 Å². The van der Waals surface area contributed by atoms with Crippen LogP contribution in [-0.2, 0) is 28.6 Å². The third kappa shape index (κ3) is 38.6. The van der Waals surface area contributed by atoms with Crippen molar-refractivity contribution in [3.8, 4) is 0 Å². The minimum absolute atomic E-state index is 0.0797. The van der Waals surface area contributed by atoms with E-state index < -0.39 is 6.10 Å². The summed E-state index contributed by atoms with van der Waals surface area (Å²) in [5.74, 6) is -0.915. The SMILES string of the molecule is CC/C=C\C/C=C\C/C=C\C/C=C\CCCCCCC(=O)OCC(COC(=O)CCCCCCCCC)OC(=O)CCCCCCCCCCCC. The Labute approximate surface area is 320 Å². The average Bonchev–Trinajstić information content (AvgIpc) is 3.14. The van der Waals surface area contributed by atoms with Crippen molar-refractivity contribution in [3.05, 3.63) is 48.6 Å². The van der Waals surface area contributed by atoms with Crippen LogP contribution in [0.4, 0.5) is 0 Å². The van der Waals surface area contributed by atoms with Crippen LogP contribution in [0.2, 0.25) is 0 Å². The topological polar surface area (TPSA) is 78.9 Å². The highest BCUT2D eigenvalue weighted by molar-refractivity contribution is 5.71. The van der Waals surface area contributed by atoms with E-state index >= 15 is 0 Å². The van der Waals surface area contributed by atoms with Crippen LogP contribution < -0.4 is 0 Å². The minimum Gasteiger partial charge on any atom is -0.462 e. The maximum Gasteiger partial charge on any atom is 0.306 e. The van der Waals surface area contributed by atoms with Gasteiger partial charge in [-0.15, -0.1) is 0 Å². The zero-order valence-corrected chi connectivity index (χ0v) is 34.1. The zero-order chi connectivity index (χ0) is 38.0. The average molecular weight is 729 g/mol. The molecule has 6 nitrogen and oxygen atoms in total. The lowest BCUT2D eigenvalue weighted by atomic mass is 10.1. The molecule has 0 saturated carbocycles. The molecule has 0 radical (unpaired) electrons. The van der Waals surface area contributed by atoms with E-state index in [0.29, 0.717) is 19.3 Å². The van der Waals surface area contributed by atoms with E-state index in [1.807, 2.05) is 0 Å². The molecule has 1 unspecified atom stereocenters. The molecule has 0 aliphatic rings. The van der Waals surface area contributed by atoms with E-state index in [2.05, 4.69) is 69.4 Å². The van der Waals surface area contributed by atoms with Gasteiger partial charge in [0.2, 0.25) is 0 Å². The zero-order valence-electron chi connectivity index (χ0n) is 34.1. The smallest absolute Gasteiger partial charge is 0.306 e. The van der Waals surface area contributed by atoms with Gasteiger partial charge in [0.1, 0.15) is 13.2 Å². The maximum absolute atomic E-state index is 12.6. The molecule has 6 heteroatoms. The summed E-state index contributed by atoms with van der Waals surface area (Å²) in [5, 5.41) is 0. The van der Waals surface area contributed by atoms with Crippen molar-refractivity contribution < 1.29 is 28.6 Å². The van der Waals surface area contributed by atoms with Gasteiger partial charge in [0.05, 0.1) is 0 Å². The molecule has 0 aromatic heterocycles. The van der Waals surface area contributed by atoms with Gasteiger partial charge < -0.3 is 14.2 Å². The molecule has 0 aromatic carbocycles. The molecule has 0 bridgehead atoms. The lowest BCUT2D eigenvalue weighted by Gasteiger charge is -2.18. The number of ether oxygens (including phenoxy) is 3. The fourth-order valence-corrected chi connectivity index (χ4v) is 5.84. The van der Waals surface area contributed by atoms with Crippen LogP contribution in [0.15, 0.2) is 48.6 Å². The first-order valence-corrected chi connectivity index (χ1v) is 21.6. The van der Waals surface area contributed by atoms with E-state index in [-0.39, 0.29) is 31.1 Å². The van der Waals surface area contributed by atoms with Crippen LogP contribution in [0.1, 0.15) is 207 Å². The summed E-state index contributed by atoms with van der Waals surface area (Å²) >= 11 is 0. The van der Waals surface area contributed by atoms with Crippen LogP contribution in [0.3, 0.4) is 0 Å². The molecule has 0 aliphatic heterocycles. The predicted octanol–water partition coefficient (Wildman–Crippen LogP) is 13.6. The fourth-order valence-electron chi connectivity index (χ4n) is 5.84. The molecular weight excluding hydrogens is 648 g/mol. The molecule has 0 rings (SSSR count). The Morgan fingerprint density at radius 3 is 1.17 bits per heavy atom. The Kier molecular flexibility index (Phi) is 39.1. The van der Waals surface area contributed by atoms with Crippen LogP contribution in [0.25, 0.3) is 0 Å². The number of carbonyl (C=O) groups excluding carboxylic acids is 3. The van der Waals surface area contributed by atoms with Crippen molar-refractivity contribution in [1.29, 1.82) is 0 Å². The van der Waals surface area contributed by atoms with Crippen molar-refractivity contribution in [2.24, 2.45) is 0 Å². The third-order valence-corrected chi connectivity index (χ3v) is 9.10. The fraction of sp³-hybridized carbons (Fsp3) is 0.761. The normalized spacial score (nSPS) is 12.4. The third-order valence-electron chi connectivity index (χ3n) is 9.10. The highest BCUT2D eigenvalue weighted by Gasteiger charge is 2.19. The molecule has 0 aliphatic carbocycles. The summed E-state index contributed by atoms with van der Waals surface area (Å²) in [6.45, 7) is 6.43. The largest absolute Gasteiger partial charge is 0.462 e. The number of unbranched alkanes of at least 4 members (excludes halogenated alkanes) is 19. The molecule has 300 valence electrons. The molecule has 0 aromatic rings. The second kappa shape index (κ2) is 41.1. The predicted molar refractivity (Wildman–Crippen MR) is 219 cm³/mol. The molecule has 0 saturated heterocycles. The van der Waals surface area contributed by atoms with Crippen molar-refractivity contribution in [1.82, 2.24) is 0 Å². The highest BCUT2D eigenvalue weighted by atomic mass is 16.6. The summed E-state index contributed by atoms with van der Waals surface area (Å²) in [4.78, 5) is 37.5. The van der Waals surface area contributed by atoms with Crippen LogP contribution in [-0.4, -0.2) is 37.2 Å². The Bertz CT molecular complexity index is 933. The van der Waals surface area contributed by atoms with Crippen molar-refractivity contribution in [3.63, 3.8) is 0 Å². The highest BCUT2D eigenvalue weighted by Crippen LogP contribution is 2.13. The van der Waals surface area contributed by atoms with Gasteiger partial charge in [0.25, 0.3) is 0 Å². The molecule has 0 fully saturated rings. The van der Waals surface area contributed by atoms with Gasteiger partial charge in [-0.3, -0.25) is 14.4 Å². The van der Waals surface area contributed by atoms with Gasteiger partial charge in [-0.1, -0.05) is 179 Å². The quantitative estimate of drug-likeness (QED) is 0.0272. The molecular formula is C46H80O6. The first-order valence-electron chi connectivity index (χ1n) is 21.6. The van der Waals surface area contributed by atoms with Gasteiger partial charge >= 0.3 is 17.9 Å². The summed E-state index contributed by atoms with van der Waals surface area (Å²) in [6.07, 6.45) is 46.7. The lowest BCUT2D eigenvalue weighted by molar-refractivity contribution is -0.167. The van der Waals surface area contributed by atoms with E-state index in [4.69, 9.17) is 14.2 Å². The Hall–Kier alpha value is -2.63. The minimum atomic E-state index is -0.774. The van der Waals surface area contributed by atoms with E-state index in [1.54, 1.807) is 0 Å². The second-order valence-electron chi connectivity index (χ2n) is 14.2. The van der Waals surface area contributed by atoms with Gasteiger partial charge in [0, 0.05) is 19.3 Å². The van der Waals surface area contributed by atoms with Crippen LogP contribution in [0.5, 0.6) is 0 Å². The molecule has 52 heavy (non-hydrogen) atoms. The Morgan fingerprint density at radius 1 is 0.404 bits per heavy atom. The molecule has 0 N–H and O–H groups in total. The molecule has 1 atom stereocenters. The number of rotatable bonds is 38. The van der Waals surface area contributed by atoms with Crippen molar-refractivity contribution >= 4 is 17.9 Å². The monoisotopic (exact) mass is 729 g/mol. The lowest BCUT2D eigenvalue weighted by Crippen LogP contribution is -2.30. The number of allylic oxidation sites excluding steroid dienone is 8. The van der Waals surface area contributed by atoms with Crippen LogP contribution in [0, 0.1) is 0 Å². The Morgan fingerprint density at radius 2 is 0.750 bits per heavy atom. The van der Waals surface area contributed by atoms with Gasteiger partial charge in [-0.25, -0.2) is 0 Å². The molecule has 0 heterocycles. The standard InChI is InChI=1S/C46H80O6/c1-4-7-10-13-16-18-20-21-22-23-24-25-26-28-30-33-36-39-45(48)51-42-43(41-50-44(47)38-35-32-29-15-12-9-6-3)52-46(49)40-37-34-31-27-19-17-14-11-8-5-2/h7,10,16,18,21-22,24-25,43H,4-6,8-9,11-15,17,19-20,23,26-42H2,1-3H3/b10-7-,18-16-,22-21-,25-24-.